The Morgan fingerprint density at radius 3 is 2.81 bits per heavy atom. The molecule has 6 heteroatoms. The van der Waals surface area contributed by atoms with Gasteiger partial charge in [-0.05, 0) is 18.9 Å². The molecule has 0 saturated heterocycles. The summed E-state index contributed by atoms with van der Waals surface area (Å²) in [5.41, 5.74) is 0.936. The van der Waals surface area contributed by atoms with Crippen molar-refractivity contribution in [2.75, 3.05) is 17.6 Å². The second kappa shape index (κ2) is 7.63. The van der Waals surface area contributed by atoms with Crippen molar-refractivity contribution in [1.82, 2.24) is 5.32 Å². The highest BCUT2D eigenvalue weighted by molar-refractivity contribution is 8.02. The van der Waals surface area contributed by atoms with Crippen molar-refractivity contribution in [3.63, 3.8) is 0 Å². The van der Waals surface area contributed by atoms with E-state index in [0.29, 0.717) is 18.2 Å². The molecule has 0 aromatic carbocycles. The summed E-state index contributed by atoms with van der Waals surface area (Å²) in [6.07, 6.45) is 1.71. The Morgan fingerprint density at radius 2 is 2.14 bits per heavy atom. The summed E-state index contributed by atoms with van der Waals surface area (Å²) >= 11 is 3.32. The number of fused-ring (bicyclic) bond motifs is 1. The molecular weight excluding hydrogens is 304 g/mol. The lowest BCUT2D eigenvalue weighted by Crippen LogP contribution is -2.33. The number of hydrogen-bond donors (Lipinski definition) is 3. The first-order valence-corrected chi connectivity index (χ1v) is 9.33. The van der Waals surface area contributed by atoms with E-state index in [4.69, 9.17) is 0 Å². The summed E-state index contributed by atoms with van der Waals surface area (Å²) in [5, 5.41) is 16.5. The third-order valence-corrected chi connectivity index (χ3v) is 6.58. The zero-order valence-electron chi connectivity index (χ0n) is 12.8. The molecule has 21 heavy (non-hydrogen) atoms. The van der Waals surface area contributed by atoms with Crippen LogP contribution in [0.5, 0.6) is 0 Å². The highest BCUT2D eigenvalue weighted by atomic mass is 32.2. The van der Waals surface area contributed by atoms with Gasteiger partial charge in [0.2, 0.25) is 5.91 Å². The van der Waals surface area contributed by atoms with Crippen molar-refractivity contribution in [1.29, 1.82) is 0 Å². The van der Waals surface area contributed by atoms with E-state index in [1.54, 1.807) is 23.1 Å². The van der Waals surface area contributed by atoms with Crippen molar-refractivity contribution in [3.05, 3.63) is 10.9 Å². The van der Waals surface area contributed by atoms with Gasteiger partial charge in [-0.2, -0.15) is 0 Å². The van der Waals surface area contributed by atoms with Crippen LogP contribution >= 0.6 is 23.1 Å². The summed E-state index contributed by atoms with van der Waals surface area (Å²) in [4.78, 5) is 12.6. The van der Waals surface area contributed by atoms with Crippen LogP contribution in [0.25, 0.3) is 0 Å². The summed E-state index contributed by atoms with van der Waals surface area (Å²) in [5.74, 6) is 0.931. The van der Waals surface area contributed by atoms with E-state index in [1.807, 2.05) is 6.07 Å². The second-order valence-electron chi connectivity index (χ2n) is 5.46. The van der Waals surface area contributed by atoms with Gasteiger partial charge in [-0.3, -0.25) is 4.79 Å². The van der Waals surface area contributed by atoms with E-state index in [0.717, 1.165) is 18.5 Å². The molecule has 3 N–H and O–H groups in total. The first kappa shape index (κ1) is 16.8. The number of aliphatic hydroxyl groups is 1. The fourth-order valence-corrected chi connectivity index (χ4v) is 4.69. The Balaban J connectivity index is 1.92. The number of anilines is 1. The predicted molar refractivity (Wildman–Crippen MR) is 90.2 cm³/mol. The molecule has 2 rings (SSSR count). The monoisotopic (exact) mass is 328 g/mol. The van der Waals surface area contributed by atoms with E-state index in [1.165, 1.54) is 9.09 Å². The van der Waals surface area contributed by atoms with Gasteiger partial charge in [-0.15, -0.1) is 23.1 Å². The quantitative estimate of drug-likeness (QED) is 0.719. The van der Waals surface area contributed by atoms with E-state index < -0.39 is 0 Å². The van der Waals surface area contributed by atoms with Crippen LogP contribution in [0.1, 0.15) is 44.5 Å². The number of nitrogens with one attached hydrogen (secondary N) is 2. The maximum atomic E-state index is 11.4. The third kappa shape index (κ3) is 4.22. The van der Waals surface area contributed by atoms with Gasteiger partial charge in [0, 0.05) is 17.5 Å². The van der Waals surface area contributed by atoms with Gasteiger partial charge >= 0.3 is 0 Å². The number of aliphatic hydroxyl groups excluding tert-OH is 1. The van der Waals surface area contributed by atoms with Crippen LogP contribution < -0.4 is 10.6 Å². The van der Waals surface area contributed by atoms with Crippen molar-refractivity contribution < 1.29 is 9.90 Å². The van der Waals surface area contributed by atoms with Crippen LogP contribution in [-0.2, 0) is 4.79 Å². The maximum Gasteiger partial charge on any atom is 0.234 e. The highest BCUT2D eigenvalue weighted by Gasteiger charge is 2.21. The molecule has 4 nitrogen and oxygen atoms in total. The molecule has 2 heterocycles. The molecule has 2 unspecified atom stereocenters. The summed E-state index contributed by atoms with van der Waals surface area (Å²) < 4.78 is 1.18. The molecule has 1 aliphatic heterocycles. The molecule has 0 saturated carbocycles. The van der Waals surface area contributed by atoms with E-state index >= 15 is 0 Å². The van der Waals surface area contributed by atoms with Crippen molar-refractivity contribution in [2.24, 2.45) is 5.92 Å². The number of rotatable bonds is 7. The van der Waals surface area contributed by atoms with Crippen molar-refractivity contribution in [2.45, 2.75) is 50.0 Å². The minimum atomic E-state index is -0.300. The molecule has 1 amide bonds. The largest absolute Gasteiger partial charge is 0.392 e. The molecular formula is C15H24N2O2S2. The Bertz CT molecular complexity index is 486. The van der Waals surface area contributed by atoms with Gasteiger partial charge in [0.15, 0.2) is 0 Å². The number of thioether (sulfide) groups is 1. The lowest BCUT2D eigenvalue weighted by Gasteiger charge is -2.22. The fraction of sp³-hybridized carbons (Fsp3) is 0.667. The van der Waals surface area contributed by atoms with Crippen LogP contribution in [0.2, 0.25) is 0 Å². The number of amides is 1. The lowest BCUT2D eigenvalue weighted by molar-refractivity contribution is -0.113. The molecule has 118 valence electrons. The smallest absolute Gasteiger partial charge is 0.234 e. The minimum absolute atomic E-state index is 0.0709. The first-order valence-electron chi connectivity index (χ1n) is 7.52. The van der Waals surface area contributed by atoms with E-state index in [9.17, 15) is 9.90 Å². The standard InChI is InChI=1S/C15H24N2O2S2/c1-4-10(5-2)12(18)7-16-9(3)13-6-11-15(21-13)20-8-14(19)17-11/h6,9-10,12,16,18H,4-5,7-8H2,1-3H3,(H,17,19). The van der Waals surface area contributed by atoms with Crippen molar-refractivity contribution >= 4 is 34.7 Å². The molecule has 1 aromatic rings. The summed E-state index contributed by atoms with van der Waals surface area (Å²) in [6.45, 7) is 6.95. The topological polar surface area (TPSA) is 61.4 Å². The van der Waals surface area contributed by atoms with Crippen LogP contribution in [0.4, 0.5) is 5.69 Å². The van der Waals surface area contributed by atoms with E-state index in [-0.39, 0.29) is 18.1 Å². The highest BCUT2D eigenvalue weighted by Crippen LogP contribution is 2.40. The first-order chi connectivity index (χ1) is 10.0. The normalized spacial score (nSPS) is 17.5. The number of thiophene rings is 1. The van der Waals surface area contributed by atoms with Crippen LogP contribution in [0.15, 0.2) is 10.3 Å². The molecule has 0 radical (unpaired) electrons. The minimum Gasteiger partial charge on any atom is -0.392 e. The lowest BCUT2D eigenvalue weighted by atomic mass is 9.96. The second-order valence-corrected chi connectivity index (χ2v) is 7.79. The molecule has 1 aliphatic rings. The fourth-order valence-electron chi connectivity index (χ4n) is 2.52. The average Bonchev–Trinajstić information content (AvgIpc) is 2.89. The molecule has 0 spiro atoms. The third-order valence-electron chi connectivity index (χ3n) is 3.98. The van der Waals surface area contributed by atoms with Crippen LogP contribution in [-0.4, -0.2) is 29.4 Å². The van der Waals surface area contributed by atoms with Gasteiger partial charge < -0.3 is 15.7 Å². The molecule has 0 aliphatic carbocycles. The SMILES string of the molecule is CCC(CC)C(O)CNC(C)c1cc2c(s1)SCC(=O)N2. The van der Waals surface area contributed by atoms with Gasteiger partial charge in [0.25, 0.3) is 0 Å². The van der Waals surface area contributed by atoms with Gasteiger partial charge in [0.05, 0.1) is 21.8 Å². The number of carbonyl (C=O) groups is 1. The van der Waals surface area contributed by atoms with Crippen LogP contribution in [0, 0.1) is 5.92 Å². The molecule has 0 fully saturated rings. The van der Waals surface area contributed by atoms with E-state index in [2.05, 4.69) is 31.4 Å². The molecule has 0 bridgehead atoms. The van der Waals surface area contributed by atoms with Crippen molar-refractivity contribution in [3.8, 4) is 0 Å². The molecule has 2 atom stereocenters. The Hall–Kier alpha value is -0.560. The summed E-state index contributed by atoms with van der Waals surface area (Å²) in [6, 6.07) is 2.23. The maximum absolute atomic E-state index is 11.4. The molecule has 1 aromatic heterocycles. The summed E-state index contributed by atoms with van der Waals surface area (Å²) in [7, 11) is 0. The predicted octanol–water partition coefficient (Wildman–Crippen LogP) is 3.24. The van der Waals surface area contributed by atoms with Gasteiger partial charge in [0.1, 0.15) is 0 Å². The number of carbonyl (C=O) groups excluding carboxylic acids is 1. The zero-order valence-corrected chi connectivity index (χ0v) is 14.4. The average molecular weight is 329 g/mol. The Morgan fingerprint density at radius 1 is 1.43 bits per heavy atom. The number of hydrogen-bond acceptors (Lipinski definition) is 5. The van der Waals surface area contributed by atoms with Gasteiger partial charge in [-0.1, -0.05) is 26.7 Å². The Labute approximate surface area is 134 Å². The van der Waals surface area contributed by atoms with Gasteiger partial charge in [-0.25, -0.2) is 0 Å². The Kier molecular flexibility index (Phi) is 6.10. The zero-order chi connectivity index (χ0) is 15.4. The van der Waals surface area contributed by atoms with Crippen LogP contribution in [0.3, 0.4) is 0 Å².